The summed E-state index contributed by atoms with van der Waals surface area (Å²) < 4.78 is 29.1. The van der Waals surface area contributed by atoms with Crippen LogP contribution in [0.2, 0.25) is 0 Å². The Morgan fingerprint density at radius 1 is 1.03 bits per heavy atom. The third-order valence-corrected chi connectivity index (χ3v) is 5.83. The number of ether oxygens (including phenoxy) is 1. The first-order valence-corrected chi connectivity index (χ1v) is 10.8. The molecule has 8 nitrogen and oxygen atoms in total. The summed E-state index contributed by atoms with van der Waals surface area (Å²) in [5.41, 5.74) is 1.99. The molecule has 0 aliphatic heterocycles. The fraction of sp³-hybridized carbons (Fsp3) is 0.350. The number of benzene rings is 2. The Balaban J connectivity index is 2.00. The van der Waals surface area contributed by atoms with Crippen molar-refractivity contribution in [1.82, 2.24) is 0 Å². The number of hydrogen-bond acceptors (Lipinski definition) is 8. The lowest BCUT2D eigenvalue weighted by atomic mass is 10.2. The zero-order valence-electron chi connectivity index (χ0n) is 16.5. The van der Waals surface area contributed by atoms with Gasteiger partial charge in [0.2, 0.25) is 0 Å². The topological polar surface area (TPSA) is 109 Å². The van der Waals surface area contributed by atoms with Crippen molar-refractivity contribution in [1.29, 1.82) is 0 Å². The second kappa shape index (κ2) is 10.7. The Kier molecular flexibility index (Phi) is 8.29. The molecule has 0 spiro atoms. The number of aliphatic hydroxyl groups is 1. The summed E-state index contributed by atoms with van der Waals surface area (Å²) in [6, 6.07) is 13.3. The van der Waals surface area contributed by atoms with Gasteiger partial charge in [0.25, 0.3) is 0 Å². The summed E-state index contributed by atoms with van der Waals surface area (Å²) in [5, 5.41) is 17.0. The van der Waals surface area contributed by atoms with Gasteiger partial charge < -0.3 is 14.7 Å². The molecule has 29 heavy (non-hydrogen) atoms. The van der Waals surface area contributed by atoms with Crippen LogP contribution in [0.3, 0.4) is 0 Å². The first kappa shape index (κ1) is 22.5. The minimum atomic E-state index is -3.40. The van der Waals surface area contributed by atoms with Gasteiger partial charge in [0, 0.05) is 19.3 Å². The number of hydrogen-bond donors (Lipinski definition) is 1. The number of nitrogens with zero attached hydrogens (tertiary/aromatic N) is 3. The quantitative estimate of drug-likeness (QED) is 0.468. The summed E-state index contributed by atoms with van der Waals surface area (Å²) in [5.74, 6) is -0.387. The van der Waals surface area contributed by atoms with Crippen molar-refractivity contribution in [3.05, 3.63) is 48.5 Å². The number of azo groups is 1. The van der Waals surface area contributed by atoms with Gasteiger partial charge in [0.05, 0.1) is 28.6 Å². The fourth-order valence-electron chi connectivity index (χ4n) is 2.47. The molecule has 1 N–H and O–H groups in total. The van der Waals surface area contributed by atoms with Crippen molar-refractivity contribution in [2.75, 3.05) is 37.5 Å². The molecule has 0 unspecified atom stereocenters. The zero-order valence-corrected chi connectivity index (χ0v) is 17.3. The Morgan fingerprint density at radius 2 is 1.59 bits per heavy atom. The van der Waals surface area contributed by atoms with E-state index in [1.807, 2.05) is 12.1 Å². The molecule has 0 heterocycles. The lowest BCUT2D eigenvalue weighted by Crippen LogP contribution is -2.26. The summed E-state index contributed by atoms with van der Waals surface area (Å²) in [6.45, 7) is 2.11. The van der Waals surface area contributed by atoms with E-state index in [0.717, 1.165) is 5.69 Å². The molecule has 0 bridgehead atoms. The maximum atomic E-state index is 12.1. The van der Waals surface area contributed by atoms with Crippen LogP contribution in [0.5, 0.6) is 0 Å². The van der Waals surface area contributed by atoms with Crippen molar-refractivity contribution < 1.29 is 23.1 Å². The molecule has 0 radical (unpaired) electrons. The van der Waals surface area contributed by atoms with E-state index in [1.54, 1.807) is 43.1 Å². The molecule has 9 heteroatoms. The van der Waals surface area contributed by atoms with Gasteiger partial charge in [-0.05, 0) is 61.9 Å². The standard InChI is InChI=1S/C20H25N3O5S/c1-3-28-20(25)15-23(2)18-9-5-16(6-10-18)21-22-17-7-11-19(12-8-17)29(26,27)14-4-13-24/h5-12,24H,3-4,13-15H2,1-2H3. The highest BCUT2D eigenvalue weighted by Crippen LogP contribution is 2.23. The molecule has 2 aromatic carbocycles. The van der Waals surface area contributed by atoms with Crippen molar-refractivity contribution in [3.63, 3.8) is 0 Å². The molecule has 0 saturated heterocycles. The maximum Gasteiger partial charge on any atom is 0.325 e. The summed E-state index contributed by atoms with van der Waals surface area (Å²) in [6.07, 6.45) is 0.203. The van der Waals surface area contributed by atoms with E-state index in [-0.39, 0.29) is 36.2 Å². The molecule has 0 aromatic heterocycles. The van der Waals surface area contributed by atoms with E-state index in [9.17, 15) is 13.2 Å². The number of sulfone groups is 1. The third-order valence-electron chi connectivity index (χ3n) is 4.01. The van der Waals surface area contributed by atoms with Gasteiger partial charge in [-0.2, -0.15) is 10.2 Å². The van der Waals surface area contributed by atoms with E-state index in [2.05, 4.69) is 10.2 Å². The number of esters is 1. The second-order valence-electron chi connectivity index (χ2n) is 6.27. The summed E-state index contributed by atoms with van der Waals surface area (Å²) in [7, 11) is -1.61. The van der Waals surface area contributed by atoms with E-state index >= 15 is 0 Å². The molecular formula is C20H25N3O5S. The predicted molar refractivity (Wildman–Crippen MR) is 111 cm³/mol. The molecule has 0 amide bonds. The second-order valence-corrected chi connectivity index (χ2v) is 8.38. The van der Waals surface area contributed by atoms with Crippen molar-refractivity contribution in [2.24, 2.45) is 10.2 Å². The first-order valence-electron chi connectivity index (χ1n) is 9.18. The highest BCUT2D eigenvalue weighted by atomic mass is 32.2. The highest BCUT2D eigenvalue weighted by molar-refractivity contribution is 7.91. The number of likely N-dealkylation sites (N-methyl/N-ethyl adjacent to an activating group) is 1. The monoisotopic (exact) mass is 419 g/mol. The Hall–Kier alpha value is -2.78. The van der Waals surface area contributed by atoms with Crippen molar-refractivity contribution in [3.8, 4) is 0 Å². The average molecular weight is 420 g/mol. The number of aliphatic hydroxyl groups excluding tert-OH is 1. The number of rotatable bonds is 10. The molecule has 0 fully saturated rings. The number of anilines is 1. The van der Waals surface area contributed by atoms with E-state index in [1.165, 1.54) is 12.1 Å². The van der Waals surface area contributed by atoms with Crippen LogP contribution in [0, 0.1) is 0 Å². The van der Waals surface area contributed by atoms with E-state index in [0.29, 0.717) is 18.0 Å². The lowest BCUT2D eigenvalue weighted by molar-refractivity contribution is -0.141. The van der Waals surface area contributed by atoms with Gasteiger partial charge in [0.1, 0.15) is 6.54 Å². The van der Waals surface area contributed by atoms with Gasteiger partial charge in [-0.3, -0.25) is 4.79 Å². The normalized spacial score (nSPS) is 11.6. The molecule has 2 rings (SSSR count). The molecule has 0 aliphatic rings. The van der Waals surface area contributed by atoms with Crippen LogP contribution in [0.4, 0.5) is 17.1 Å². The Labute approximate surface area is 170 Å². The number of carbonyl (C=O) groups is 1. The van der Waals surface area contributed by atoms with Crippen LogP contribution < -0.4 is 4.90 Å². The van der Waals surface area contributed by atoms with Gasteiger partial charge in [-0.1, -0.05) is 0 Å². The molecule has 0 aliphatic carbocycles. The first-order chi connectivity index (χ1) is 13.9. The fourth-order valence-corrected chi connectivity index (χ4v) is 3.77. The van der Waals surface area contributed by atoms with Crippen molar-refractivity contribution >= 4 is 32.9 Å². The van der Waals surface area contributed by atoms with E-state index < -0.39 is 9.84 Å². The smallest absolute Gasteiger partial charge is 0.325 e. The van der Waals surface area contributed by atoms with Gasteiger partial charge in [-0.15, -0.1) is 0 Å². The molecular weight excluding hydrogens is 394 g/mol. The van der Waals surface area contributed by atoms with Gasteiger partial charge >= 0.3 is 5.97 Å². The van der Waals surface area contributed by atoms with Gasteiger partial charge in [-0.25, -0.2) is 8.42 Å². The highest BCUT2D eigenvalue weighted by Gasteiger charge is 2.13. The minimum absolute atomic E-state index is 0.0959. The number of carbonyl (C=O) groups excluding carboxylic acids is 1. The van der Waals surface area contributed by atoms with Crippen LogP contribution in [-0.4, -0.2) is 52.1 Å². The predicted octanol–water partition coefficient (Wildman–Crippen LogP) is 3.26. The van der Waals surface area contributed by atoms with Crippen LogP contribution >= 0.6 is 0 Å². The summed E-state index contributed by atoms with van der Waals surface area (Å²) >= 11 is 0. The van der Waals surface area contributed by atoms with Crippen LogP contribution in [-0.2, 0) is 19.4 Å². The molecule has 0 atom stereocenters. The Bertz CT molecular complexity index is 926. The molecule has 0 saturated carbocycles. The molecule has 2 aromatic rings. The minimum Gasteiger partial charge on any atom is -0.465 e. The maximum absolute atomic E-state index is 12.1. The van der Waals surface area contributed by atoms with Crippen LogP contribution in [0.15, 0.2) is 63.7 Å². The largest absolute Gasteiger partial charge is 0.465 e. The Morgan fingerprint density at radius 3 is 2.10 bits per heavy atom. The third kappa shape index (κ3) is 6.95. The van der Waals surface area contributed by atoms with E-state index in [4.69, 9.17) is 9.84 Å². The average Bonchev–Trinajstić information content (AvgIpc) is 2.71. The zero-order chi connectivity index (χ0) is 21.3. The van der Waals surface area contributed by atoms with Gasteiger partial charge in [0.15, 0.2) is 9.84 Å². The van der Waals surface area contributed by atoms with Crippen molar-refractivity contribution in [2.45, 2.75) is 18.2 Å². The van der Waals surface area contributed by atoms with Crippen LogP contribution in [0.1, 0.15) is 13.3 Å². The molecule has 156 valence electrons. The van der Waals surface area contributed by atoms with Crippen LogP contribution in [0.25, 0.3) is 0 Å². The SMILES string of the molecule is CCOC(=O)CN(C)c1ccc(N=Nc2ccc(S(=O)(=O)CCCO)cc2)cc1. The lowest BCUT2D eigenvalue weighted by Gasteiger charge is -2.17. The summed E-state index contributed by atoms with van der Waals surface area (Å²) in [4.78, 5) is 13.5.